The molecule has 1 aromatic carbocycles. The number of carbonyl (C=O) groups excluding carboxylic acids is 2. The van der Waals surface area contributed by atoms with Crippen molar-refractivity contribution in [3.8, 4) is 0 Å². The van der Waals surface area contributed by atoms with Gasteiger partial charge in [0, 0.05) is 6.54 Å². The number of amides is 3. The lowest BCUT2D eigenvalue weighted by molar-refractivity contribution is -0.141. The summed E-state index contributed by atoms with van der Waals surface area (Å²) in [5.41, 5.74) is 0.711. The van der Waals surface area contributed by atoms with E-state index < -0.39 is 30.0 Å². The Morgan fingerprint density at radius 2 is 1.79 bits per heavy atom. The standard InChI is InChI=1S/C16H22FN3O4/c1-3-4-13(14(21)19-10(2)15(22)23)20-16(24)18-9-11-5-7-12(17)8-6-11/h5-8,10,13H,3-4,9H2,1-2H3,(H,19,21)(H,22,23)(H2,18,20,24)/t10-,13?/m0/s1. The quantitative estimate of drug-likeness (QED) is 0.574. The first-order valence-electron chi connectivity index (χ1n) is 7.65. The highest BCUT2D eigenvalue weighted by atomic mass is 19.1. The molecule has 0 aliphatic carbocycles. The number of hydrogen-bond donors (Lipinski definition) is 4. The molecule has 0 fully saturated rings. The summed E-state index contributed by atoms with van der Waals surface area (Å²) in [6, 6.07) is 3.23. The number of carbonyl (C=O) groups is 3. The summed E-state index contributed by atoms with van der Waals surface area (Å²) < 4.78 is 12.8. The molecule has 0 spiro atoms. The second-order valence-corrected chi connectivity index (χ2v) is 5.36. The van der Waals surface area contributed by atoms with Crippen LogP contribution < -0.4 is 16.0 Å². The average molecular weight is 339 g/mol. The Hall–Kier alpha value is -2.64. The van der Waals surface area contributed by atoms with Gasteiger partial charge in [-0.25, -0.2) is 9.18 Å². The highest BCUT2D eigenvalue weighted by Crippen LogP contribution is 2.02. The van der Waals surface area contributed by atoms with Crippen LogP contribution in [0.5, 0.6) is 0 Å². The van der Waals surface area contributed by atoms with Crippen LogP contribution in [0.3, 0.4) is 0 Å². The summed E-state index contributed by atoms with van der Waals surface area (Å²) in [6.45, 7) is 3.37. The van der Waals surface area contributed by atoms with E-state index in [1.165, 1.54) is 19.1 Å². The molecule has 1 rings (SSSR count). The maximum atomic E-state index is 12.8. The van der Waals surface area contributed by atoms with E-state index in [2.05, 4.69) is 16.0 Å². The van der Waals surface area contributed by atoms with Crippen molar-refractivity contribution in [2.24, 2.45) is 0 Å². The Morgan fingerprint density at radius 3 is 2.33 bits per heavy atom. The monoisotopic (exact) mass is 339 g/mol. The maximum Gasteiger partial charge on any atom is 0.325 e. The predicted octanol–water partition coefficient (Wildman–Crippen LogP) is 1.38. The zero-order valence-corrected chi connectivity index (χ0v) is 13.6. The van der Waals surface area contributed by atoms with Gasteiger partial charge in [-0.15, -0.1) is 0 Å². The lowest BCUT2D eigenvalue weighted by Crippen LogP contribution is -2.52. The number of urea groups is 1. The molecule has 0 bridgehead atoms. The zero-order chi connectivity index (χ0) is 18.1. The van der Waals surface area contributed by atoms with Gasteiger partial charge in [0.25, 0.3) is 0 Å². The molecule has 2 atom stereocenters. The van der Waals surface area contributed by atoms with Crippen LogP contribution in [0.2, 0.25) is 0 Å². The molecule has 0 aliphatic heterocycles. The zero-order valence-electron chi connectivity index (χ0n) is 13.6. The van der Waals surface area contributed by atoms with Gasteiger partial charge < -0.3 is 21.1 Å². The van der Waals surface area contributed by atoms with Crippen molar-refractivity contribution in [2.75, 3.05) is 0 Å². The Labute approximate surface area is 139 Å². The second-order valence-electron chi connectivity index (χ2n) is 5.36. The minimum atomic E-state index is -1.15. The highest BCUT2D eigenvalue weighted by Gasteiger charge is 2.23. The van der Waals surface area contributed by atoms with E-state index in [1.54, 1.807) is 12.1 Å². The van der Waals surface area contributed by atoms with Gasteiger partial charge >= 0.3 is 12.0 Å². The molecule has 0 radical (unpaired) electrons. The fraction of sp³-hybridized carbons (Fsp3) is 0.438. The van der Waals surface area contributed by atoms with Crippen LogP contribution in [0.25, 0.3) is 0 Å². The van der Waals surface area contributed by atoms with E-state index in [9.17, 15) is 18.8 Å². The summed E-state index contributed by atoms with van der Waals surface area (Å²) in [5.74, 6) is -2.07. The molecule has 0 saturated carbocycles. The molecule has 1 aromatic rings. The molecule has 0 aliphatic rings. The van der Waals surface area contributed by atoms with Gasteiger partial charge in [-0.05, 0) is 31.0 Å². The fourth-order valence-corrected chi connectivity index (χ4v) is 1.93. The highest BCUT2D eigenvalue weighted by molar-refractivity contribution is 5.89. The molecule has 8 heteroatoms. The van der Waals surface area contributed by atoms with Crippen LogP contribution in [0.15, 0.2) is 24.3 Å². The predicted molar refractivity (Wildman–Crippen MR) is 85.7 cm³/mol. The number of rotatable bonds is 8. The number of carboxylic acids is 1. The number of aliphatic carboxylic acids is 1. The summed E-state index contributed by atoms with van der Waals surface area (Å²) in [5, 5.41) is 16.2. The topological polar surface area (TPSA) is 108 Å². The third-order valence-corrected chi connectivity index (χ3v) is 3.29. The number of benzene rings is 1. The van der Waals surface area contributed by atoms with E-state index >= 15 is 0 Å². The minimum Gasteiger partial charge on any atom is -0.480 e. The summed E-state index contributed by atoms with van der Waals surface area (Å²) >= 11 is 0. The van der Waals surface area contributed by atoms with Gasteiger partial charge in [0.1, 0.15) is 17.9 Å². The lowest BCUT2D eigenvalue weighted by atomic mass is 10.1. The first-order valence-corrected chi connectivity index (χ1v) is 7.65. The Morgan fingerprint density at radius 1 is 1.17 bits per heavy atom. The normalized spacial score (nSPS) is 12.8. The van der Waals surface area contributed by atoms with Gasteiger partial charge in [0.2, 0.25) is 5.91 Å². The van der Waals surface area contributed by atoms with Crippen LogP contribution in [0.4, 0.5) is 9.18 Å². The largest absolute Gasteiger partial charge is 0.480 e. The molecule has 0 aromatic heterocycles. The van der Waals surface area contributed by atoms with Crippen LogP contribution in [-0.4, -0.2) is 35.1 Å². The number of nitrogens with one attached hydrogen (secondary N) is 3. The second kappa shape index (κ2) is 9.49. The first kappa shape index (κ1) is 19.4. The molecule has 7 nitrogen and oxygen atoms in total. The van der Waals surface area contributed by atoms with Crippen LogP contribution in [-0.2, 0) is 16.1 Å². The molecule has 1 unspecified atom stereocenters. The van der Waals surface area contributed by atoms with Gasteiger partial charge in [-0.2, -0.15) is 0 Å². The molecule has 0 saturated heterocycles. The molecular formula is C16H22FN3O4. The van der Waals surface area contributed by atoms with Crippen molar-refractivity contribution in [2.45, 2.75) is 45.3 Å². The van der Waals surface area contributed by atoms with Crippen molar-refractivity contribution in [3.05, 3.63) is 35.6 Å². The van der Waals surface area contributed by atoms with Crippen molar-refractivity contribution in [1.29, 1.82) is 0 Å². The summed E-state index contributed by atoms with van der Waals surface area (Å²) in [4.78, 5) is 34.7. The van der Waals surface area contributed by atoms with Gasteiger partial charge in [-0.3, -0.25) is 9.59 Å². The SMILES string of the molecule is CCCC(NC(=O)NCc1ccc(F)cc1)C(=O)N[C@@H](C)C(=O)O. The van der Waals surface area contributed by atoms with Gasteiger partial charge in [0.05, 0.1) is 0 Å². The van der Waals surface area contributed by atoms with Crippen molar-refractivity contribution in [1.82, 2.24) is 16.0 Å². The Kier molecular flexibility index (Phi) is 7.67. The van der Waals surface area contributed by atoms with Gasteiger partial charge in [0.15, 0.2) is 0 Å². The van der Waals surface area contributed by atoms with Crippen molar-refractivity contribution < 1.29 is 23.9 Å². The maximum absolute atomic E-state index is 12.8. The number of hydrogen-bond acceptors (Lipinski definition) is 3. The smallest absolute Gasteiger partial charge is 0.325 e. The van der Waals surface area contributed by atoms with E-state index in [4.69, 9.17) is 5.11 Å². The van der Waals surface area contributed by atoms with Crippen LogP contribution in [0.1, 0.15) is 32.3 Å². The van der Waals surface area contributed by atoms with Crippen LogP contribution in [0, 0.1) is 5.82 Å². The summed E-state index contributed by atoms with van der Waals surface area (Å²) in [6.07, 6.45) is 1.01. The molecule has 0 heterocycles. The van der Waals surface area contributed by atoms with Crippen molar-refractivity contribution >= 4 is 17.9 Å². The van der Waals surface area contributed by atoms with Crippen LogP contribution >= 0.6 is 0 Å². The Balaban J connectivity index is 2.53. The molecular weight excluding hydrogens is 317 g/mol. The molecule has 3 amide bonds. The number of halogens is 1. The molecule has 4 N–H and O–H groups in total. The Bertz CT molecular complexity index is 577. The molecule has 132 valence electrons. The van der Waals surface area contributed by atoms with Gasteiger partial charge in [-0.1, -0.05) is 25.5 Å². The van der Waals surface area contributed by atoms with Crippen molar-refractivity contribution in [3.63, 3.8) is 0 Å². The average Bonchev–Trinajstić information content (AvgIpc) is 2.53. The lowest BCUT2D eigenvalue weighted by Gasteiger charge is -2.19. The van der Waals surface area contributed by atoms with E-state index in [0.29, 0.717) is 18.4 Å². The third-order valence-electron chi connectivity index (χ3n) is 3.29. The van der Waals surface area contributed by atoms with E-state index in [1.807, 2.05) is 6.92 Å². The fourth-order valence-electron chi connectivity index (χ4n) is 1.93. The van der Waals surface area contributed by atoms with E-state index in [-0.39, 0.29) is 12.4 Å². The minimum absolute atomic E-state index is 0.179. The molecule has 24 heavy (non-hydrogen) atoms. The number of carboxylic acid groups (broad SMARTS) is 1. The summed E-state index contributed by atoms with van der Waals surface area (Å²) in [7, 11) is 0. The van der Waals surface area contributed by atoms with E-state index in [0.717, 1.165) is 0 Å². The third kappa shape index (κ3) is 6.64. The first-order chi connectivity index (χ1) is 11.3.